The van der Waals surface area contributed by atoms with Gasteiger partial charge in [0, 0.05) is 40.2 Å². The third kappa shape index (κ3) is 2.59. The van der Waals surface area contributed by atoms with Gasteiger partial charge in [0.25, 0.3) is 0 Å². The van der Waals surface area contributed by atoms with Gasteiger partial charge in [0.2, 0.25) is 0 Å². The molecule has 0 amide bonds. The Morgan fingerprint density at radius 3 is 3.05 bits per heavy atom. The van der Waals surface area contributed by atoms with Crippen molar-refractivity contribution >= 4 is 44.1 Å². The van der Waals surface area contributed by atoms with E-state index >= 15 is 0 Å². The van der Waals surface area contributed by atoms with Crippen LogP contribution in [0.1, 0.15) is 19.3 Å². The molecule has 1 atom stereocenters. The first-order chi connectivity index (χ1) is 9.29. The van der Waals surface area contributed by atoms with Crippen molar-refractivity contribution in [3.05, 3.63) is 35.5 Å². The lowest BCUT2D eigenvalue weighted by Crippen LogP contribution is -2.40. The molecule has 1 aliphatic heterocycles. The van der Waals surface area contributed by atoms with Crippen LogP contribution >= 0.6 is 27.5 Å². The fourth-order valence-corrected chi connectivity index (χ4v) is 3.67. The zero-order chi connectivity index (χ0) is 13.2. The quantitative estimate of drug-likeness (QED) is 0.741. The average molecular weight is 340 g/mol. The molecule has 0 bridgehead atoms. The van der Waals surface area contributed by atoms with Gasteiger partial charge in [-0.3, -0.25) is 4.98 Å². The highest BCUT2D eigenvalue weighted by Crippen LogP contribution is 2.32. The van der Waals surface area contributed by atoms with Gasteiger partial charge in [0.15, 0.2) is 0 Å². The molecule has 0 aliphatic carbocycles. The number of alkyl halides is 1. The molecule has 4 heteroatoms. The Bertz CT molecular complexity index is 587. The third-order valence-electron chi connectivity index (χ3n) is 3.80. The van der Waals surface area contributed by atoms with Crippen molar-refractivity contribution in [2.75, 3.05) is 16.8 Å². The molecule has 0 spiro atoms. The van der Waals surface area contributed by atoms with Crippen LogP contribution in [0.5, 0.6) is 0 Å². The minimum Gasteiger partial charge on any atom is -0.367 e. The fraction of sp³-hybridized carbons (Fsp3) is 0.400. The molecule has 19 heavy (non-hydrogen) atoms. The number of benzene rings is 1. The van der Waals surface area contributed by atoms with Crippen molar-refractivity contribution in [1.29, 1.82) is 0 Å². The molecule has 100 valence electrons. The predicted octanol–water partition coefficient (Wildman–Crippen LogP) is 4.64. The Morgan fingerprint density at radius 2 is 2.21 bits per heavy atom. The van der Waals surface area contributed by atoms with E-state index in [1.165, 1.54) is 30.3 Å². The fourth-order valence-electron chi connectivity index (χ4n) is 2.83. The van der Waals surface area contributed by atoms with Gasteiger partial charge in [0.05, 0.1) is 5.52 Å². The standard InChI is InChI=1S/C15H16BrClN2/c16-10-12-3-1-2-8-19(12)15-6-7-18-14-9-11(17)4-5-13(14)15/h4-7,9,12H,1-3,8,10H2. The molecular weight excluding hydrogens is 324 g/mol. The van der Waals surface area contributed by atoms with E-state index in [0.717, 1.165) is 22.4 Å². The molecule has 2 nitrogen and oxygen atoms in total. The van der Waals surface area contributed by atoms with E-state index < -0.39 is 0 Å². The lowest BCUT2D eigenvalue weighted by molar-refractivity contribution is 0.492. The van der Waals surface area contributed by atoms with E-state index in [1.807, 2.05) is 18.3 Å². The number of halogens is 2. The minimum atomic E-state index is 0.579. The maximum Gasteiger partial charge on any atom is 0.0737 e. The monoisotopic (exact) mass is 338 g/mol. The van der Waals surface area contributed by atoms with Crippen LogP contribution in [0, 0.1) is 0 Å². The number of piperidine rings is 1. The molecule has 2 heterocycles. The lowest BCUT2D eigenvalue weighted by Gasteiger charge is -2.37. The van der Waals surface area contributed by atoms with Crippen LogP contribution in [0.25, 0.3) is 10.9 Å². The van der Waals surface area contributed by atoms with Crippen LogP contribution in [0.3, 0.4) is 0 Å². The summed E-state index contributed by atoms with van der Waals surface area (Å²) in [4.78, 5) is 6.94. The smallest absolute Gasteiger partial charge is 0.0737 e. The summed E-state index contributed by atoms with van der Waals surface area (Å²) in [6.07, 6.45) is 5.72. The number of anilines is 1. The maximum atomic E-state index is 6.05. The van der Waals surface area contributed by atoms with Gasteiger partial charge < -0.3 is 4.90 Å². The number of aromatic nitrogens is 1. The summed E-state index contributed by atoms with van der Waals surface area (Å²) in [5.74, 6) is 0. The minimum absolute atomic E-state index is 0.579. The van der Waals surface area contributed by atoms with Crippen molar-refractivity contribution < 1.29 is 0 Å². The Labute approximate surface area is 126 Å². The summed E-state index contributed by atoms with van der Waals surface area (Å²) in [7, 11) is 0. The molecule has 1 aromatic carbocycles. The molecule has 0 N–H and O–H groups in total. The van der Waals surface area contributed by atoms with Crippen LogP contribution in [-0.4, -0.2) is 22.9 Å². The van der Waals surface area contributed by atoms with E-state index in [-0.39, 0.29) is 0 Å². The number of pyridine rings is 1. The summed E-state index contributed by atoms with van der Waals surface area (Å²) in [6, 6.07) is 8.67. The maximum absolute atomic E-state index is 6.05. The van der Waals surface area contributed by atoms with Gasteiger partial charge in [-0.25, -0.2) is 0 Å². The molecule has 2 aromatic rings. The second-order valence-electron chi connectivity index (χ2n) is 4.99. The number of fused-ring (bicyclic) bond motifs is 1. The highest BCUT2D eigenvalue weighted by molar-refractivity contribution is 9.09. The number of nitrogens with zero attached hydrogens (tertiary/aromatic N) is 2. The summed E-state index contributed by atoms with van der Waals surface area (Å²) < 4.78 is 0. The first kappa shape index (κ1) is 13.2. The van der Waals surface area contributed by atoms with Gasteiger partial charge in [-0.2, -0.15) is 0 Å². The Kier molecular flexibility index (Phi) is 3.94. The van der Waals surface area contributed by atoms with Crippen LogP contribution in [0.2, 0.25) is 5.02 Å². The van der Waals surface area contributed by atoms with Gasteiger partial charge >= 0.3 is 0 Å². The van der Waals surface area contributed by atoms with E-state index in [0.29, 0.717) is 6.04 Å². The average Bonchev–Trinajstić information content (AvgIpc) is 2.46. The predicted molar refractivity (Wildman–Crippen MR) is 85.5 cm³/mol. The van der Waals surface area contributed by atoms with Crippen LogP contribution in [0.15, 0.2) is 30.5 Å². The first-order valence-corrected chi connectivity index (χ1v) is 8.16. The van der Waals surface area contributed by atoms with Gasteiger partial charge in [-0.05, 0) is 43.5 Å². The Morgan fingerprint density at radius 1 is 1.32 bits per heavy atom. The van der Waals surface area contributed by atoms with Gasteiger partial charge in [-0.15, -0.1) is 0 Å². The first-order valence-electron chi connectivity index (χ1n) is 6.66. The third-order valence-corrected chi connectivity index (χ3v) is 4.78. The molecule has 3 rings (SSSR count). The summed E-state index contributed by atoms with van der Waals surface area (Å²) in [5, 5.41) is 2.96. The van der Waals surface area contributed by atoms with E-state index in [9.17, 15) is 0 Å². The summed E-state index contributed by atoms with van der Waals surface area (Å²) in [6.45, 7) is 1.12. The Hall–Kier alpha value is -0.800. The second-order valence-corrected chi connectivity index (χ2v) is 6.07. The number of rotatable bonds is 2. The highest BCUT2D eigenvalue weighted by Gasteiger charge is 2.23. The van der Waals surface area contributed by atoms with Crippen molar-refractivity contribution in [2.45, 2.75) is 25.3 Å². The zero-order valence-corrected chi connectivity index (χ0v) is 13.0. The molecule has 0 radical (unpaired) electrons. The molecule has 0 saturated carbocycles. The SMILES string of the molecule is Clc1ccc2c(N3CCCCC3CBr)ccnc2c1. The van der Waals surface area contributed by atoms with Gasteiger partial charge in [0.1, 0.15) is 0 Å². The lowest BCUT2D eigenvalue weighted by atomic mass is 10.0. The topological polar surface area (TPSA) is 16.1 Å². The zero-order valence-electron chi connectivity index (χ0n) is 10.6. The van der Waals surface area contributed by atoms with Crippen molar-refractivity contribution in [2.24, 2.45) is 0 Å². The van der Waals surface area contributed by atoms with Gasteiger partial charge in [-0.1, -0.05) is 27.5 Å². The number of hydrogen-bond acceptors (Lipinski definition) is 2. The molecule has 1 unspecified atom stereocenters. The normalized spacial score (nSPS) is 19.9. The summed E-state index contributed by atoms with van der Waals surface area (Å²) in [5.41, 5.74) is 2.26. The molecule has 1 aromatic heterocycles. The molecular formula is C15H16BrClN2. The van der Waals surface area contributed by atoms with Crippen molar-refractivity contribution in [3.63, 3.8) is 0 Å². The Balaban J connectivity index is 2.08. The second kappa shape index (κ2) is 5.68. The highest BCUT2D eigenvalue weighted by atomic mass is 79.9. The van der Waals surface area contributed by atoms with Crippen LogP contribution in [-0.2, 0) is 0 Å². The number of hydrogen-bond donors (Lipinski definition) is 0. The van der Waals surface area contributed by atoms with E-state index in [2.05, 4.69) is 37.9 Å². The van der Waals surface area contributed by atoms with E-state index in [4.69, 9.17) is 11.6 Å². The van der Waals surface area contributed by atoms with Crippen LogP contribution in [0.4, 0.5) is 5.69 Å². The van der Waals surface area contributed by atoms with E-state index in [1.54, 1.807) is 0 Å². The summed E-state index contributed by atoms with van der Waals surface area (Å²) >= 11 is 9.70. The van der Waals surface area contributed by atoms with Crippen LogP contribution < -0.4 is 4.90 Å². The molecule has 1 fully saturated rings. The van der Waals surface area contributed by atoms with Crippen molar-refractivity contribution in [1.82, 2.24) is 4.98 Å². The molecule has 1 saturated heterocycles. The largest absolute Gasteiger partial charge is 0.367 e. The van der Waals surface area contributed by atoms with Crippen molar-refractivity contribution in [3.8, 4) is 0 Å². The molecule has 1 aliphatic rings.